The lowest BCUT2D eigenvalue weighted by Crippen LogP contribution is -2.39. The van der Waals surface area contributed by atoms with Gasteiger partial charge in [0.1, 0.15) is 0 Å². The van der Waals surface area contributed by atoms with Gasteiger partial charge in [0, 0.05) is 0 Å². The summed E-state index contributed by atoms with van der Waals surface area (Å²) in [6.45, 7) is 4.19. The summed E-state index contributed by atoms with van der Waals surface area (Å²) < 4.78 is 9.61. The summed E-state index contributed by atoms with van der Waals surface area (Å²) in [5.41, 5.74) is -1.06. The lowest BCUT2D eigenvalue weighted by atomic mass is 9.84. The van der Waals surface area contributed by atoms with E-state index in [0.717, 1.165) is 12.8 Å². The Hall–Kier alpha value is -1.06. The Balaban J connectivity index is 3.02. The van der Waals surface area contributed by atoms with Crippen molar-refractivity contribution in [3.05, 3.63) is 0 Å². The summed E-state index contributed by atoms with van der Waals surface area (Å²) in [5.74, 6) is -0.0890. The molecular weight excluding hydrogens is 220 g/mol. The molecule has 0 amide bonds. The van der Waals surface area contributed by atoms with Crippen molar-refractivity contribution < 1.29 is 19.1 Å². The second-order valence-corrected chi connectivity index (χ2v) is 4.81. The monoisotopic (exact) mass is 242 g/mol. The van der Waals surface area contributed by atoms with E-state index in [4.69, 9.17) is 9.47 Å². The fraction of sp³-hybridized carbons (Fsp3) is 0.846. The molecular formula is C13H22O4. The van der Waals surface area contributed by atoms with Gasteiger partial charge in [-0.2, -0.15) is 0 Å². The van der Waals surface area contributed by atoms with Crippen molar-refractivity contribution in [2.24, 2.45) is 17.3 Å². The predicted molar refractivity (Wildman–Crippen MR) is 63.3 cm³/mol. The molecule has 0 saturated heterocycles. The van der Waals surface area contributed by atoms with Gasteiger partial charge >= 0.3 is 11.9 Å². The topological polar surface area (TPSA) is 52.6 Å². The molecule has 1 saturated carbocycles. The van der Waals surface area contributed by atoms with E-state index in [1.165, 1.54) is 14.2 Å². The molecule has 0 aromatic heterocycles. The van der Waals surface area contributed by atoms with Crippen LogP contribution in [0.5, 0.6) is 0 Å². The quantitative estimate of drug-likeness (QED) is 0.560. The average molecular weight is 242 g/mol. The third kappa shape index (κ3) is 2.31. The van der Waals surface area contributed by atoms with Gasteiger partial charge in [-0.15, -0.1) is 0 Å². The number of esters is 2. The summed E-state index contributed by atoms with van der Waals surface area (Å²) >= 11 is 0. The molecule has 0 aromatic carbocycles. The molecule has 1 fully saturated rings. The fourth-order valence-corrected chi connectivity index (χ4v) is 3.07. The summed E-state index contributed by atoms with van der Waals surface area (Å²) in [6.07, 6.45) is 3.07. The number of carbonyl (C=O) groups is 2. The fourth-order valence-electron chi connectivity index (χ4n) is 3.07. The maximum absolute atomic E-state index is 11.9. The summed E-state index contributed by atoms with van der Waals surface area (Å²) in [4.78, 5) is 23.9. The van der Waals surface area contributed by atoms with Crippen molar-refractivity contribution in [2.75, 3.05) is 14.2 Å². The van der Waals surface area contributed by atoms with E-state index in [9.17, 15) is 9.59 Å². The van der Waals surface area contributed by atoms with Crippen molar-refractivity contribution in [1.82, 2.24) is 0 Å². The largest absolute Gasteiger partial charge is 0.468 e. The molecule has 0 N–H and O–H groups in total. The molecule has 0 aliphatic heterocycles. The molecule has 1 aliphatic rings. The average Bonchev–Trinajstić information content (AvgIpc) is 2.76. The molecule has 0 unspecified atom stereocenters. The Morgan fingerprint density at radius 2 is 1.35 bits per heavy atom. The van der Waals surface area contributed by atoms with E-state index in [1.807, 2.05) is 0 Å². The van der Waals surface area contributed by atoms with Crippen LogP contribution in [-0.4, -0.2) is 26.2 Å². The molecule has 0 bridgehead atoms. The number of rotatable bonds is 4. The third-order valence-electron chi connectivity index (χ3n) is 4.09. The first-order valence-corrected chi connectivity index (χ1v) is 6.22. The molecule has 0 spiro atoms. The Bertz CT molecular complexity index is 268. The van der Waals surface area contributed by atoms with Crippen LogP contribution >= 0.6 is 0 Å². The van der Waals surface area contributed by atoms with Crippen LogP contribution < -0.4 is 0 Å². The van der Waals surface area contributed by atoms with Crippen molar-refractivity contribution in [3.8, 4) is 0 Å². The maximum Gasteiger partial charge on any atom is 0.323 e. The molecule has 4 heteroatoms. The van der Waals surface area contributed by atoms with Crippen molar-refractivity contribution in [1.29, 1.82) is 0 Å². The van der Waals surface area contributed by atoms with Crippen LogP contribution in [-0.2, 0) is 19.1 Å². The first-order chi connectivity index (χ1) is 8.05. The first kappa shape index (κ1) is 14.0. The van der Waals surface area contributed by atoms with Gasteiger partial charge in [-0.05, 0) is 24.7 Å². The highest BCUT2D eigenvalue weighted by Gasteiger charge is 2.56. The van der Waals surface area contributed by atoms with E-state index >= 15 is 0 Å². The zero-order chi connectivity index (χ0) is 13.1. The number of carbonyl (C=O) groups excluding carboxylic acids is 2. The van der Waals surface area contributed by atoms with Gasteiger partial charge in [0.15, 0.2) is 5.41 Å². The maximum atomic E-state index is 11.9. The Morgan fingerprint density at radius 3 is 1.59 bits per heavy atom. The summed E-state index contributed by atoms with van der Waals surface area (Å²) in [5, 5.41) is 0. The minimum atomic E-state index is -1.06. The Morgan fingerprint density at radius 1 is 1.00 bits per heavy atom. The highest BCUT2D eigenvalue weighted by molar-refractivity contribution is 6.00. The predicted octanol–water partition coefficient (Wildman–Crippen LogP) is 2.17. The minimum absolute atomic E-state index is 0.401. The Labute approximate surface area is 103 Å². The highest BCUT2D eigenvalue weighted by Crippen LogP contribution is 2.49. The normalized spacial score (nSPS) is 26.6. The molecule has 17 heavy (non-hydrogen) atoms. The van der Waals surface area contributed by atoms with Crippen LogP contribution in [0.15, 0.2) is 0 Å². The molecule has 1 rings (SSSR count). The van der Waals surface area contributed by atoms with Gasteiger partial charge in [-0.1, -0.05) is 26.7 Å². The first-order valence-electron chi connectivity index (χ1n) is 6.22. The van der Waals surface area contributed by atoms with Gasteiger partial charge in [-0.3, -0.25) is 9.59 Å². The zero-order valence-electron chi connectivity index (χ0n) is 11.1. The van der Waals surface area contributed by atoms with Gasteiger partial charge in [0.2, 0.25) is 0 Å². The van der Waals surface area contributed by atoms with Gasteiger partial charge in [0.05, 0.1) is 14.2 Å². The van der Waals surface area contributed by atoms with Crippen LogP contribution in [0.4, 0.5) is 0 Å². The highest BCUT2D eigenvalue weighted by atomic mass is 16.5. The van der Waals surface area contributed by atoms with Crippen LogP contribution in [0.25, 0.3) is 0 Å². The number of hydrogen-bond donors (Lipinski definition) is 0. The molecule has 0 heterocycles. The van der Waals surface area contributed by atoms with Gasteiger partial charge < -0.3 is 9.47 Å². The van der Waals surface area contributed by atoms with Crippen LogP contribution in [0, 0.1) is 17.3 Å². The van der Waals surface area contributed by atoms with E-state index in [-0.39, 0.29) is 0 Å². The molecule has 2 atom stereocenters. The van der Waals surface area contributed by atoms with E-state index in [2.05, 4.69) is 13.8 Å². The van der Waals surface area contributed by atoms with Crippen molar-refractivity contribution >= 4 is 11.9 Å². The SMILES string of the molecule is CC[C@H]1CC(C(=O)OC)(C(=O)OC)C[C@@H]1CC. The third-order valence-corrected chi connectivity index (χ3v) is 4.09. The molecule has 98 valence electrons. The standard InChI is InChI=1S/C13H22O4/c1-5-9-7-13(11(14)16-3,12(15)17-4)8-10(9)6-2/h9-10H,5-8H2,1-4H3/t9-,10-/m0/s1. The van der Waals surface area contributed by atoms with Crippen LogP contribution in [0.3, 0.4) is 0 Å². The number of ether oxygens (including phenoxy) is 2. The molecule has 0 radical (unpaired) electrons. The summed E-state index contributed by atoms with van der Waals surface area (Å²) in [7, 11) is 2.65. The Kier molecular flexibility index (Phi) is 4.54. The van der Waals surface area contributed by atoms with E-state index in [0.29, 0.717) is 24.7 Å². The van der Waals surface area contributed by atoms with Crippen molar-refractivity contribution in [2.45, 2.75) is 39.5 Å². The second kappa shape index (κ2) is 5.52. The second-order valence-electron chi connectivity index (χ2n) is 4.81. The van der Waals surface area contributed by atoms with Crippen molar-refractivity contribution in [3.63, 3.8) is 0 Å². The van der Waals surface area contributed by atoms with Crippen LogP contribution in [0.1, 0.15) is 39.5 Å². The number of methoxy groups -OCH3 is 2. The van der Waals surface area contributed by atoms with Crippen LogP contribution in [0.2, 0.25) is 0 Å². The van der Waals surface area contributed by atoms with Gasteiger partial charge in [-0.25, -0.2) is 0 Å². The van der Waals surface area contributed by atoms with E-state index in [1.54, 1.807) is 0 Å². The number of hydrogen-bond acceptors (Lipinski definition) is 4. The van der Waals surface area contributed by atoms with E-state index < -0.39 is 17.4 Å². The molecule has 0 aromatic rings. The van der Waals surface area contributed by atoms with Gasteiger partial charge in [0.25, 0.3) is 0 Å². The lowest BCUT2D eigenvalue weighted by molar-refractivity contribution is -0.169. The lowest BCUT2D eigenvalue weighted by Gasteiger charge is -2.23. The smallest absolute Gasteiger partial charge is 0.323 e. The molecule has 1 aliphatic carbocycles. The zero-order valence-corrected chi connectivity index (χ0v) is 11.1. The minimum Gasteiger partial charge on any atom is -0.468 e. The molecule has 4 nitrogen and oxygen atoms in total. The summed E-state index contributed by atoms with van der Waals surface area (Å²) in [6, 6.07) is 0.